The molecule has 186 valence electrons. The van der Waals surface area contributed by atoms with E-state index >= 15 is 0 Å². The molecule has 0 aliphatic heterocycles. The van der Waals surface area contributed by atoms with Crippen LogP contribution in [-0.4, -0.2) is 49.5 Å². The van der Waals surface area contributed by atoms with Crippen molar-refractivity contribution >= 4 is 62.3 Å². The summed E-state index contributed by atoms with van der Waals surface area (Å²) in [5.74, 6) is -1.00. The van der Waals surface area contributed by atoms with Gasteiger partial charge in [0.15, 0.2) is 0 Å². The third kappa shape index (κ3) is 7.77. The van der Waals surface area contributed by atoms with Gasteiger partial charge in [-0.15, -0.1) is 0 Å². The molecule has 0 saturated heterocycles. The van der Waals surface area contributed by atoms with Gasteiger partial charge in [0, 0.05) is 22.1 Å². The van der Waals surface area contributed by atoms with Crippen LogP contribution < -0.4 is 9.62 Å². The summed E-state index contributed by atoms with van der Waals surface area (Å²) in [4.78, 5) is 27.7. The first kappa shape index (κ1) is 28.2. The molecule has 0 heterocycles. The maximum atomic E-state index is 13.5. The molecule has 0 bridgehead atoms. The Hall–Kier alpha value is -2.00. The normalized spacial score (nSPS) is 12.7. The smallest absolute Gasteiger partial charge is 0.244 e. The number of amides is 2. The molecule has 1 atom stereocenters. The van der Waals surface area contributed by atoms with Gasteiger partial charge < -0.3 is 10.2 Å². The maximum absolute atomic E-state index is 13.5. The molecule has 0 spiro atoms. The summed E-state index contributed by atoms with van der Waals surface area (Å²) < 4.78 is 26.1. The average Bonchev–Trinajstić information content (AvgIpc) is 2.70. The highest BCUT2D eigenvalue weighted by Gasteiger charge is 2.32. The number of hydrogen-bond donors (Lipinski definition) is 1. The van der Waals surface area contributed by atoms with Gasteiger partial charge >= 0.3 is 0 Å². The molecule has 0 aliphatic rings. The Morgan fingerprint density at radius 1 is 1.03 bits per heavy atom. The predicted molar refractivity (Wildman–Crippen MR) is 138 cm³/mol. The third-order valence-electron chi connectivity index (χ3n) is 4.82. The second kappa shape index (κ2) is 11.2. The number of benzene rings is 2. The van der Waals surface area contributed by atoms with Crippen molar-refractivity contribution in [2.24, 2.45) is 0 Å². The molecular formula is C23H28Cl3N3O4S. The minimum Gasteiger partial charge on any atom is -0.350 e. The number of sulfonamides is 1. The molecule has 2 rings (SSSR count). The Kier molecular flexibility index (Phi) is 9.27. The monoisotopic (exact) mass is 547 g/mol. The van der Waals surface area contributed by atoms with Crippen LogP contribution >= 0.6 is 34.8 Å². The number of carbonyl (C=O) groups excluding carboxylic acids is 2. The highest BCUT2D eigenvalue weighted by molar-refractivity contribution is 7.92. The summed E-state index contributed by atoms with van der Waals surface area (Å²) >= 11 is 18.6. The number of rotatable bonds is 8. The summed E-state index contributed by atoms with van der Waals surface area (Å²) in [5, 5.41) is 3.63. The molecule has 11 heteroatoms. The molecule has 0 unspecified atom stereocenters. The van der Waals surface area contributed by atoms with Gasteiger partial charge in [-0.2, -0.15) is 0 Å². The fourth-order valence-corrected chi connectivity index (χ4v) is 4.62. The Labute approximate surface area is 216 Å². The van der Waals surface area contributed by atoms with Crippen LogP contribution in [-0.2, 0) is 26.2 Å². The zero-order valence-corrected chi connectivity index (χ0v) is 22.7. The summed E-state index contributed by atoms with van der Waals surface area (Å²) in [6, 6.07) is 10.3. The molecule has 1 N–H and O–H groups in total. The number of halogens is 3. The van der Waals surface area contributed by atoms with Gasteiger partial charge in [-0.25, -0.2) is 8.42 Å². The van der Waals surface area contributed by atoms with Crippen molar-refractivity contribution in [1.82, 2.24) is 10.2 Å². The molecule has 0 aromatic heterocycles. The molecule has 2 amide bonds. The van der Waals surface area contributed by atoms with Crippen LogP contribution in [0.5, 0.6) is 0 Å². The van der Waals surface area contributed by atoms with Gasteiger partial charge in [0.05, 0.1) is 17.0 Å². The average molecular weight is 549 g/mol. The van der Waals surface area contributed by atoms with E-state index in [1.165, 1.54) is 23.1 Å². The zero-order chi connectivity index (χ0) is 25.8. The van der Waals surface area contributed by atoms with E-state index in [1.807, 2.05) is 20.8 Å². The van der Waals surface area contributed by atoms with E-state index in [9.17, 15) is 18.0 Å². The Balaban J connectivity index is 2.47. The first-order valence-electron chi connectivity index (χ1n) is 10.4. The van der Waals surface area contributed by atoms with E-state index in [-0.39, 0.29) is 28.2 Å². The fourth-order valence-electron chi connectivity index (χ4n) is 3.14. The lowest BCUT2D eigenvalue weighted by Gasteiger charge is -2.33. The van der Waals surface area contributed by atoms with E-state index in [2.05, 4.69) is 5.32 Å². The molecular weight excluding hydrogens is 521 g/mol. The molecule has 2 aromatic rings. The molecule has 2 aromatic carbocycles. The number of hydrogen-bond acceptors (Lipinski definition) is 4. The van der Waals surface area contributed by atoms with Crippen molar-refractivity contribution < 1.29 is 18.0 Å². The number of carbonyl (C=O) groups is 2. The summed E-state index contributed by atoms with van der Waals surface area (Å²) in [7, 11) is -3.93. The van der Waals surface area contributed by atoms with E-state index in [1.54, 1.807) is 31.2 Å². The minimum atomic E-state index is -3.93. The molecule has 0 radical (unpaired) electrons. The number of nitrogens with zero attached hydrogens (tertiary/aromatic N) is 2. The molecule has 34 heavy (non-hydrogen) atoms. The SMILES string of the molecule is C[C@H](C(=O)NC(C)(C)C)N(Cc1ccccc1Cl)C(=O)CN(c1cc(Cl)ccc1Cl)S(C)(=O)=O. The van der Waals surface area contributed by atoms with Crippen molar-refractivity contribution in [2.45, 2.75) is 45.8 Å². The fraction of sp³-hybridized carbons (Fsp3) is 0.391. The summed E-state index contributed by atoms with van der Waals surface area (Å²) in [6.45, 7) is 6.46. The standard InChI is InChI=1S/C23H28Cl3N3O4S/c1-15(22(31)27-23(2,3)4)28(13-16-8-6-7-9-18(16)25)21(30)14-29(34(5,32)33)20-12-17(24)10-11-19(20)26/h6-12,15H,13-14H2,1-5H3,(H,27,31)/t15-/m1/s1. The largest absolute Gasteiger partial charge is 0.350 e. The molecule has 0 saturated carbocycles. The first-order valence-corrected chi connectivity index (χ1v) is 13.4. The van der Waals surface area contributed by atoms with E-state index in [4.69, 9.17) is 34.8 Å². The topological polar surface area (TPSA) is 86.8 Å². The quantitative estimate of drug-likeness (QED) is 0.516. The lowest BCUT2D eigenvalue weighted by atomic mass is 10.1. The van der Waals surface area contributed by atoms with Gasteiger partial charge in [0.25, 0.3) is 0 Å². The van der Waals surface area contributed by atoms with Gasteiger partial charge in [0.1, 0.15) is 12.6 Å². The van der Waals surface area contributed by atoms with Crippen LogP contribution in [0.15, 0.2) is 42.5 Å². The summed E-state index contributed by atoms with van der Waals surface area (Å²) in [6.07, 6.45) is 0.964. The van der Waals surface area contributed by atoms with Gasteiger partial charge in [-0.1, -0.05) is 53.0 Å². The van der Waals surface area contributed by atoms with Crippen LogP contribution in [0.1, 0.15) is 33.3 Å². The number of nitrogens with one attached hydrogen (secondary N) is 1. The second-order valence-electron chi connectivity index (χ2n) is 8.89. The molecule has 7 nitrogen and oxygen atoms in total. The highest BCUT2D eigenvalue weighted by atomic mass is 35.5. The van der Waals surface area contributed by atoms with Crippen molar-refractivity contribution in [3.8, 4) is 0 Å². The molecule has 0 aliphatic carbocycles. The van der Waals surface area contributed by atoms with E-state index in [0.717, 1.165) is 10.6 Å². The number of anilines is 1. The van der Waals surface area contributed by atoms with Crippen molar-refractivity contribution in [3.05, 3.63) is 63.1 Å². The predicted octanol–water partition coefficient (Wildman–Crippen LogP) is 4.74. The zero-order valence-electron chi connectivity index (χ0n) is 19.6. The van der Waals surface area contributed by atoms with E-state index < -0.39 is 34.1 Å². The lowest BCUT2D eigenvalue weighted by Crippen LogP contribution is -2.54. The minimum absolute atomic E-state index is 0.00187. The van der Waals surface area contributed by atoms with Gasteiger partial charge in [-0.05, 0) is 57.5 Å². The van der Waals surface area contributed by atoms with Crippen LogP contribution in [0.2, 0.25) is 15.1 Å². The van der Waals surface area contributed by atoms with E-state index in [0.29, 0.717) is 10.6 Å². The highest BCUT2D eigenvalue weighted by Crippen LogP contribution is 2.31. The Bertz CT molecular complexity index is 1170. The van der Waals surface area contributed by atoms with Gasteiger partial charge in [0.2, 0.25) is 21.8 Å². The third-order valence-corrected chi connectivity index (χ3v) is 6.87. The van der Waals surface area contributed by atoms with Crippen molar-refractivity contribution in [2.75, 3.05) is 17.1 Å². The second-order valence-corrected chi connectivity index (χ2v) is 12.1. The molecule has 0 fully saturated rings. The van der Waals surface area contributed by atoms with Crippen LogP contribution in [0, 0.1) is 0 Å². The van der Waals surface area contributed by atoms with Gasteiger partial charge in [-0.3, -0.25) is 13.9 Å². The van der Waals surface area contributed by atoms with Crippen LogP contribution in [0.25, 0.3) is 0 Å². The first-order chi connectivity index (χ1) is 15.6. The Morgan fingerprint density at radius 2 is 1.65 bits per heavy atom. The summed E-state index contributed by atoms with van der Waals surface area (Å²) in [5.41, 5.74) is 0.145. The van der Waals surface area contributed by atoms with Crippen molar-refractivity contribution in [1.29, 1.82) is 0 Å². The lowest BCUT2D eigenvalue weighted by molar-refractivity contribution is -0.140. The Morgan fingerprint density at radius 3 is 2.21 bits per heavy atom. The maximum Gasteiger partial charge on any atom is 0.244 e. The van der Waals surface area contributed by atoms with Crippen LogP contribution in [0.3, 0.4) is 0 Å². The van der Waals surface area contributed by atoms with Crippen LogP contribution in [0.4, 0.5) is 5.69 Å². The van der Waals surface area contributed by atoms with Crippen molar-refractivity contribution in [3.63, 3.8) is 0 Å².